The molecule has 0 saturated carbocycles. The van der Waals surface area contributed by atoms with Gasteiger partial charge in [0, 0.05) is 33.4 Å². The number of amides is 1. The minimum absolute atomic E-state index is 0.122. The van der Waals surface area contributed by atoms with Gasteiger partial charge in [-0.1, -0.05) is 40.2 Å². The third-order valence-corrected chi connectivity index (χ3v) is 7.32. The van der Waals surface area contributed by atoms with Crippen LogP contribution in [0.4, 0.5) is 5.69 Å². The Morgan fingerprint density at radius 1 is 1.06 bits per heavy atom. The molecule has 1 aliphatic heterocycles. The summed E-state index contributed by atoms with van der Waals surface area (Å²) in [6.07, 6.45) is 1.78. The summed E-state index contributed by atoms with van der Waals surface area (Å²) in [5.41, 5.74) is 6.02. The van der Waals surface area contributed by atoms with E-state index in [9.17, 15) is 4.79 Å². The number of thiocarbonyl (C=S) groups is 1. The fraction of sp³-hybridized carbons (Fsp3) is 0.179. The monoisotopic (exact) mass is 559 g/mol. The smallest absolute Gasteiger partial charge is 0.244 e. The topological polar surface area (TPSA) is 62.2 Å². The highest BCUT2D eigenvalue weighted by Gasteiger charge is 2.42. The van der Waals surface area contributed by atoms with Gasteiger partial charge >= 0.3 is 0 Å². The number of carbonyl (C=O) groups is 1. The van der Waals surface area contributed by atoms with Crippen LogP contribution in [0.5, 0.6) is 0 Å². The normalized spacial score (nSPS) is 17.2. The highest BCUT2D eigenvalue weighted by atomic mass is 79.9. The maximum absolute atomic E-state index is 13.1. The summed E-state index contributed by atoms with van der Waals surface area (Å²) in [4.78, 5) is 19.7. The molecule has 0 spiro atoms. The zero-order chi connectivity index (χ0) is 25.2. The first-order chi connectivity index (χ1) is 17.4. The van der Waals surface area contributed by atoms with Crippen molar-refractivity contribution in [1.29, 1.82) is 0 Å². The summed E-state index contributed by atoms with van der Waals surface area (Å²) >= 11 is 9.29. The number of nitrogens with one attached hydrogen (secondary N) is 2. The third-order valence-electron chi connectivity index (χ3n) is 6.44. The maximum Gasteiger partial charge on any atom is 0.244 e. The minimum Gasteiger partial charge on any atom is -0.352 e. The Labute approximate surface area is 224 Å². The van der Waals surface area contributed by atoms with Gasteiger partial charge in [0.25, 0.3) is 0 Å². The van der Waals surface area contributed by atoms with Crippen molar-refractivity contribution in [3.8, 4) is 5.69 Å². The van der Waals surface area contributed by atoms with E-state index in [2.05, 4.69) is 68.2 Å². The van der Waals surface area contributed by atoms with Gasteiger partial charge in [-0.25, -0.2) is 0 Å². The first kappa shape index (κ1) is 24.2. The Kier molecular flexibility index (Phi) is 6.89. The molecule has 0 aliphatic carbocycles. The van der Waals surface area contributed by atoms with Gasteiger partial charge in [-0.3, -0.25) is 9.78 Å². The summed E-state index contributed by atoms with van der Waals surface area (Å²) in [7, 11) is 0. The molecule has 182 valence electrons. The molecule has 0 unspecified atom stereocenters. The molecule has 0 radical (unpaired) electrons. The van der Waals surface area contributed by atoms with Gasteiger partial charge in [0.1, 0.15) is 6.54 Å². The van der Waals surface area contributed by atoms with Crippen molar-refractivity contribution in [3.05, 3.63) is 112 Å². The number of benzene rings is 2. The van der Waals surface area contributed by atoms with Crippen molar-refractivity contribution in [2.45, 2.75) is 25.9 Å². The minimum atomic E-state index is -0.204. The lowest BCUT2D eigenvalue weighted by Crippen LogP contribution is -2.37. The van der Waals surface area contributed by atoms with Gasteiger partial charge in [0.05, 0.1) is 17.8 Å². The zero-order valence-corrected chi connectivity index (χ0v) is 22.4. The van der Waals surface area contributed by atoms with Crippen LogP contribution in [0.3, 0.4) is 0 Å². The summed E-state index contributed by atoms with van der Waals surface area (Å²) in [6.45, 7) is 4.33. The van der Waals surface area contributed by atoms with Gasteiger partial charge in [-0.2, -0.15) is 0 Å². The van der Waals surface area contributed by atoms with Gasteiger partial charge in [-0.15, -0.1) is 0 Å². The second-order valence-corrected chi connectivity index (χ2v) is 10.1. The lowest BCUT2D eigenvalue weighted by atomic mass is 9.96. The number of aryl methyl sites for hydroxylation is 1. The SMILES string of the molecule is Cc1cc([C@H]2[C@H](c3ccccn3)NC(=S)N2CC(=O)Nc2ccccc2)c(C)n1-c1ccc(Br)cc1. The Morgan fingerprint density at radius 3 is 2.47 bits per heavy atom. The molecule has 2 aromatic heterocycles. The van der Waals surface area contributed by atoms with E-state index in [1.807, 2.05) is 65.6 Å². The quantitative estimate of drug-likeness (QED) is 0.289. The zero-order valence-electron chi connectivity index (χ0n) is 20.0. The van der Waals surface area contributed by atoms with Crippen molar-refractivity contribution >= 4 is 44.9 Å². The largest absolute Gasteiger partial charge is 0.352 e. The molecule has 1 fully saturated rings. The van der Waals surface area contributed by atoms with E-state index in [0.29, 0.717) is 5.11 Å². The number of pyridine rings is 1. The van der Waals surface area contributed by atoms with Crippen LogP contribution in [-0.2, 0) is 4.79 Å². The Hall–Kier alpha value is -3.49. The average molecular weight is 561 g/mol. The number of aromatic nitrogens is 2. The molecule has 3 heterocycles. The van der Waals surface area contributed by atoms with E-state index in [0.717, 1.165) is 38.5 Å². The summed E-state index contributed by atoms with van der Waals surface area (Å²) < 4.78 is 3.27. The van der Waals surface area contributed by atoms with Crippen molar-refractivity contribution in [2.75, 3.05) is 11.9 Å². The van der Waals surface area contributed by atoms with E-state index in [4.69, 9.17) is 12.2 Å². The molecule has 1 saturated heterocycles. The molecule has 4 aromatic rings. The number of carbonyl (C=O) groups excluding carboxylic acids is 1. The van der Waals surface area contributed by atoms with Crippen molar-refractivity contribution in [2.24, 2.45) is 0 Å². The highest BCUT2D eigenvalue weighted by molar-refractivity contribution is 9.10. The molecule has 2 aromatic carbocycles. The summed E-state index contributed by atoms with van der Waals surface area (Å²) in [6, 6.07) is 25.4. The molecule has 36 heavy (non-hydrogen) atoms. The number of hydrogen-bond acceptors (Lipinski definition) is 3. The number of halogens is 1. The molecule has 1 aliphatic rings. The van der Waals surface area contributed by atoms with Gasteiger partial charge in [0.15, 0.2) is 5.11 Å². The molecule has 0 bridgehead atoms. The van der Waals surface area contributed by atoms with E-state index in [1.54, 1.807) is 6.20 Å². The van der Waals surface area contributed by atoms with Crippen LogP contribution in [-0.4, -0.2) is 32.0 Å². The summed E-state index contributed by atoms with van der Waals surface area (Å²) in [5, 5.41) is 6.96. The second-order valence-electron chi connectivity index (χ2n) is 8.81. The number of para-hydroxylation sites is 1. The van der Waals surface area contributed by atoms with Crippen LogP contribution in [0.15, 0.2) is 89.5 Å². The lowest BCUT2D eigenvalue weighted by molar-refractivity contribution is -0.116. The fourth-order valence-electron chi connectivity index (χ4n) is 4.87. The third kappa shape index (κ3) is 4.79. The Balaban J connectivity index is 1.53. The average Bonchev–Trinajstić information content (AvgIpc) is 3.35. The van der Waals surface area contributed by atoms with E-state index in [-0.39, 0.29) is 24.5 Å². The van der Waals surface area contributed by atoms with Crippen LogP contribution in [0.2, 0.25) is 0 Å². The molecule has 2 N–H and O–H groups in total. The van der Waals surface area contributed by atoms with Gasteiger partial charge < -0.3 is 20.1 Å². The predicted molar refractivity (Wildman–Crippen MR) is 150 cm³/mol. The second kappa shape index (κ2) is 10.2. The molecule has 2 atom stereocenters. The van der Waals surface area contributed by atoms with Crippen LogP contribution in [0, 0.1) is 13.8 Å². The number of nitrogens with zero attached hydrogens (tertiary/aromatic N) is 3. The first-order valence-electron chi connectivity index (χ1n) is 11.7. The van der Waals surface area contributed by atoms with Crippen molar-refractivity contribution in [3.63, 3.8) is 0 Å². The lowest BCUT2D eigenvalue weighted by Gasteiger charge is -2.27. The van der Waals surface area contributed by atoms with Crippen LogP contribution >= 0.6 is 28.1 Å². The Bertz CT molecular complexity index is 1390. The molecule has 5 rings (SSSR count). The van der Waals surface area contributed by atoms with Crippen LogP contribution in [0.25, 0.3) is 5.69 Å². The van der Waals surface area contributed by atoms with Crippen molar-refractivity contribution in [1.82, 2.24) is 19.8 Å². The van der Waals surface area contributed by atoms with Crippen LogP contribution in [0.1, 0.15) is 34.7 Å². The maximum atomic E-state index is 13.1. The molecular weight excluding hydrogens is 534 g/mol. The fourth-order valence-corrected chi connectivity index (χ4v) is 5.44. The van der Waals surface area contributed by atoms with E-state index >= 15 is 0 Å². The molecule has 6 nitrogen and oxygen atoms in total. The number of hydrogen-bond donors (Lipinski definition) is 2. The van der Waals surface area contributed by atoms with Gasteiger partial charge in [0.2, 0.25) is 5.91 Å². The standard InChI is InChI=1S/C28H26BrN5OS/c1-18-16-23(19(2)34(18)22-13-11-20(29)12-14-22)27-26(24-10-6-7-15-30-24)32-28(36)33(27)17-25(35)31-21-8-4-3-5-9-21/h3-16,26-27H,17H2,1-2H3,(H,31,35)(H,32,36)/t26-,27-/m0/s1. The molecule has 8 heteroatoms. The van der Waals surface area contributed by atoms with Crippen LogP contribution < -0.4 is 10.6 Å². The van der Waals surface area contributed by atoms with Gasteiger partial charge in [-0.05, 0) is 86.2 Å². The molecular formula is C28H26BrN5OS. The predicted octanol–water partition coefficient (Wildman–Crippen LogP) is 5.86. The highest BCUT2D eigenvalue weighted by Crippen LogP contribution is 2.41. The molecule has 1 amide bonds. The van der Waals surface area contributed by atoms with E-state index in [1.165, 1.54) is 0 Å². The Morgan fingerprint density at radius 2 is 1.78 bits per heavy atom. The number of rotatable bonds is 6. The van der Waals surface area contributed by atoms with Crippen molar-refractivity contribution < 1.29 is 4.79 Å². The number of anilines is 1. The first-order valence-corrected chi connectivity index (χ1v) is 12.9. The summed E-state index contributed by atoms with van der Waals surface area (Å²) in [5.74, 6) is -0.126. The van der Waals surface area contributed by atoms with E-state index < -0.39 is 0 Å².